The van der Waals surface area contributed by atoms with E-state index in [4.69, 9.17) is 0 Å². The molecule has 1 aliphatic rings. The van der Waals surface area contributed by atoms with E-state index < -0.39 is 11.9 Å². The lowest BCUT2D eigenvalue weighted by Gasteiger charge is -2.11. The average Bonchev–Trinajstić information content (AvgIpc) is 3.14. The minimum atomic E-state index is -0.492. The third-order valence-electron chi connectivity index (χ3n) is 4.91. The fourth-order valence-electron chi connectivity index (χ4n) is 3.47. The number of carbonyl (C=O) groups excluding carboxylic acids is 2. The van der Waals surface area contributed by atoms with Crippen LogP contribution in [0, 0.1) is 19.7 Å². The van der Waals surface area contributed by atoms with Gasteiger partial charge in [0.15, 0.2) is 0 Å². The maximum Gasteiger partial charge on any atom is 0.329 e. The molecule has 0 spiro atoms. The van der Waals surface area contributed by atoms with E-state index in [1.165, 1.54) is 12.1 Å². The van der Waals surface area contributed by atoms with E-state index in [2.05, 4.69) is 14.9 Å². The van der Waals surface area contributed by atoms with Crippen LogP contribution in [0.1, 0.15) is 22.5 Å². The number of carbonyl (C=O) groups is 2. The number of benzene rings is 1. The number of nitrogens with one attached hydrogen (secondary N) is 1. The molecule has 7 heteroatoms. The number of hydrogen-bond donors (Lipinski definition) is 1. The van der Waals surface area contributed by atoms with Crippen LogP contribution in [0.3, 0.4) is 0 Å². The van der Waals surface area contributed by atoms with Crippen LogP contribution in [0.15, 0.2) is 60.6 Å². The number of amides is 3. The summed E-state index contributed by atoms with van der Waals surface area (Å²) in [7, 11) is 0. The van der Waals surface area contributed by atoms with Crippen LogP contribution in [0.25, 0.3) is 11.8 Å². The second kappa shape index (κ2) is 7.35. The van der Waals surface area contributed by atoms with Crippen LogP contribution in [0.4, 0.5) is 9.18 Å². The van der Waals surface area contributed by atoms with E-state index in [-0.39, 0.29) is 18.1 Å². The molecule has 0 unspecified atom stereocenters. The summed E-state index contributed by atoms with van der Waals surface area (Å²) in [5.41, 5.74) is 4.64. The summed E-state index contributed by atoms with van der Waals surface area (Å²) in [6, 6.07) is 11.0. The maximum atomic E-state index is 13.1. The first kappa shape index (κ1) is 18.6. The van der Waals surface area contributed by atoms with Crippen LogP contribution >= 0.6 is 0 Å². The SMILES string of the molecule is Cc1cc(/C=C2/NC(=O)N(Cc3ccc(F)cc3)C2=O)c(C)n1-c1ccncc1. The van der Waals surface area contributed by atoms with Gasteiger partial charge in [-0.15, -0.1) is 0 Å². The van der Waals surface area contributed by atoms with Crippen molar-refractivity contribution in [3.05, 3.63) is 88.9 Å². The number of nitrogens with zero attached hydrogens (tertiary/aromatic N) is 3. The molecule has 1 fully saturated rings. The zero-order chi connectivity index (χ0) is 20.5. The Bertz CT molecular complexity index is 1120. The summed E-state index contributed by atoms with van der Waals surface area (Å²) >= 11 is 0. The van der Waals surface area contributed by atoms with Crippen LogP contribution < -0.4 is 5.32 Å². The summed E-state index contributed by atoms with van der Waals surface area (Å²) in [6.45, 7) is 4.01. The molecule has 0 aliphatic carbocycles. The average molecular weight is 390 g/mol. The van der Waals surface area contributed by atoms with Gasteiger partial charge in [-0.25, -0.2) is 9.18 Å². The van der Waals surface area contributed by atoms with Crippen molar-refractivity contribution < 1.29 is 14.0 Å². The summed E-state index contributed by atoms with van der Waals surface area (Å²) in [6.07, 6.45) is 5.13. The largest absolute Gasteiger partial charge is 0.329 e. The highest BCUT2D eigenvalue weighted by atomic mass is 19.1. The third-order valence-corrected chi connectivity index (χ3v) is 4.91. The zero-order valence-electron chi connectivity index (χ0n) is 16.0. The smallest absolute Gasteiger partial charge is 0.318 e. The van der Waals surface area contributed by atoms with Gasteiger partial charge in [0.2, 0.25) is 0 Å². The highest BCUT2D eigenvalue weighted by molar-refractivity contribution is 6.13. The van der Waals surface area contributed by atoms with Gasteiger partial charge in [0, 0.05) is 29.5 Å². The van der Waals surface area contributed by atoms with Gasteiger partial charge < -0.3 is 9.88 Å². The number of imide groups is 1. The molecule has 29 heavy (non-hydrogen) atoms. The first-order valence-electron chi connectivity index (χ1n) is 9.12. The van der Waals surface area contributed by atoms with E-state index >= 15 is 0 Å². The third kappa shape index (κ3) is 3.54. The summed E-state index contributed by atoms with van der Waals surface area (Å²) in [4.78, 5) is 30.2. The van der Waals surface area contributed by atoms with Crippen molar-refractivity contribution in [3.8, 4) is 5.69 Å². The van der Waals surface area contributed by atoms with Gasteiger partial charge in [0.25, 0.3) is 5.91 Å². The number of urea groups is 1. The molecule has 3 aromatic rings. The van der Waals surface area contributed by atoms with Crippen molar-refractivity contribution in [2.45, 2.75) is 20.4 Å². The fourth-order valence-corrected chi connectivity index (χ4v) is 3.47. The molecule has 1 aromatic carbocycles. The molecule has 0 saturated carbocycles. The summed E-state index contributed by atoms with van der Waals surface area (Å²) < 4.78 is 15.1. The van der Waals surface area contributed by atoms with Crippen molar-refractivity contribution in [2.24, 2.45) is 0 Å². The highest BCUT2D eigenvalue weighted by Gasteiger charge is 2.33. The van der Waals surface area contributed by atoms with Crippen molar-refractivity contribution in [2.75, 3.05) is 0 Å². The fraction of sp³-hybridized carbons (Fsp3) is 0.136. The number of aryl methyl sites for hydroxylation is 1. The Morgan fingerprint density at radius 2 is 1.76 bits per heavy atom. The molecule has 1 aliphatic heterocycles. The molecule has 0 bridgehead atoms. The standard InChI is InChI=1S/C22H19FN4O2/c1-14-11-17(15(2)27(14)19-7-9-24-10-8-19)12-20-21(28)26(22(29)25-20)13-16-3-5-18(23)6-4-16/h3-12H,13H2,1-2H3,(H,25,29)/b20-12+. The normalized spacial score (nSPS) is 15.3. The Kier molecular flexibility index (Phi) is 4.72. The molecular weight excluding hydrogens is 371 g/mol. The summed E-state index contributed by atoms with van der Waals surface area (Å²) in [5, 5.41) is 2.63. The van der Waals surface area contributed by atoms with Crippen LogP contribution in [-0.4, -0.2) is 26.4 Å². The molecule has 6 nitrogen and oxygen atoms in total. The van der Waals surface area contributed by atoms with Crippen LogP contribution in [0.5, 0.6) is 0 Å². The van der Waals surface area contributed by atoms with Gasteiger partial charge in [0.1, 0.15) is 11.5 Å². The van der Waals surface area contributed by atoms with Crippen LogP contribution in [0.2, 0.25) is 0 Å². The lowest BCUT2D eigenvalue weighted by Crippen LogP contribution is -2.30. The molecule has 0 radical (unpaired) electrons. The molecule has 3 amide bonds. The Labute approximate surface area is 167 Å². The molecule has 2 aromatic heterocycles. The van der Waals surface area contributed by atoms with Crippen molar-refractivity contribution in [1.82, 2.24) is 19.8 Å². The molecule has 3 heterocycles. The highest BCUT2D eigenvalue weighted by Crippen LogP contribution is 2.24. The minimum absolute atomic E-state index is 0.0817. The maximum absolute atomic E-state index is 13.1. The second-order valence-electron chi connectivity index (χ2n) is 6.87. The number of hydrogen-bond acceptors (Lipinski definition) is 3. The molecule has 1 N–H and O–H groups in total. The van der Waals surface area contributed by atoms with E-state index in [0.29, 0.717) is 5.56 Å². The van der Waals surface area contributed by atoms with E-state index in [1.807, 2.05) is 32.0 Å². The lowest BCUT2D eigenvalue weighted by molar-refractivity contribution is -0.123. The number of rotatable bonds is 4. The second-order valence-corrected chi connectivity index (χ2v) is 6.87. The van der Waals surface area contributed by atoms with Crippen LogP contribution in [-0.2, 0) is 11.3 Å². The van der Waals surface area contributed by atoms with E-state index in [9.17, 15) is 14.0 Å². The Balaban J connectivity index is 1.62. The molecule has 4 rings (SSSR count). The molecular formula is C22H19FN4O2. The first-order valence-corrected chi connectivity index (χ1v) is 9.12. The quantitative estimate of drug-likeness (QED) is 0.545. The van der Waals surface area contributed by atoms with Gasteiger partial charge in [-0.05, 0) is 61.4 Å². The van der Waals surface area contributed by atoms with Gasteiger partial charge in [-0.3, -0.25) is 14.7 Å². The zero-order valence-corrected chi connectivity index (χ0v) is 16.0. The number of aromatic nitrogens is 2. The van der Waals surface area contributed by atoms with Gasteiger partial charge in [-0.1, -0.05) is 12.1 Å². The van der Waals surface area contributed by atoms with Gasteiger partial charge in [0.05, 0.1) is 6.54 Å². The summed E-state index contributed by atoms with van der Waals surface area (Å²) in [5.74, 6) is -0.774. The Hall–Kier alpha value is -3.74. The van der Waals surface area contributed by atoms with Crippen molar-refractivity contribution in [3.63, 3.8) is 0 Å². The molecule has 146 valence electrons. The topological polar surface area (TPSA) is 67.2 Å². The monoisotopic (exact) mass is 390 g/mol. The van der Waals surface area contributed by atoms with Crippen molar-refractivity contribution >= 4 is 18.0 Å². The predicted octanol–water partition coefficient (Wildman–Crippen LogP) is 3.72. The Morgan fingerprint density at radius 1 is 1.07 bits per heavy atom. The lowest BCUT2D eigenvalue weighted by atomic mass is 10.2. The van der Waals surface area contributed by atoms with Gasteiger partial charge in [-0.2, -0.15) is 0 Å². The minimum Gasteiger partial charge on any atom is -0.318 e. The molecule has 0 atom stereocenters. The van der Waals surface area contributed by atoms with E-state index in [0.717, 1.165) is 27.5 Å². The van der Waals surface area contributed by atoms with Gasteiger partial charge >= 0.3 is 6.03 Å². The van der Waals surface area contributed by atoms with Crippen molar-refractivity contribution in [1.29, 1.82) is 0 Å². The number of halogens is 1. The number of pyridine rings is 1. The van der Waals surface area contributed by atoms with E-state index in [1.54, 1.807) is 30.6 Å². The molecule has 1 saturated heterocycles. The predicted molar refractivity (Wildman–Crippen MR) is 106 cm³/mol. The first-order chi connectivity index (χ1) is 13.9. The Morgan fingerprint density at radius 3 is 2.45 bits per heavy atom.